The van der Waals surface area contributed by atoms with E-state index in [0.29, 0.717) is 0 Å². The molecule has 0 aromatic carbocycles. The molecule has 0 N–H and O–H groups in total. The van der Waals surface area contributed by atoms with Crippen LogP contribution in [-0.2, 0) is 0 Å². The van der Waals surface area contributed by atoms with Gasteiger partial charge in [0.1, 0.15) is 0 Å². The van der Waals surface area contributed by atoms with E-state index in [0.717, 1.165) is 5.92 Å². The lowest BCUT2D eigenvalue weighted by atomic mass is 9.98. The zero-order chi connectivity index (χ0) is 8.53. The predicted octanol–water partition coefficient (Wildman–Crippen LogP) is 4.54. The lowest BCUT2D eigenvalue weighted by Crippen LogP contribution is -1.97. The van der Waals surface area contributed by atoms with Gasteiger partial charge in [-0.15, -0.1) is 0 Å². The summed E-state index contributed by atoms with van der Waals surface area (Å²) in [4.78, 5) is 0. The van der Waals surface area contributed by atoms with Gasteiger partial charge in [0.25, 0.3) is 0 Å². The molecule has 11 heavy (non-hydrogen) atoms. The third-order valence-electron chi connectivity index (χ3n) is 2.04. The minimum Gasteiger partial charge on any atom is -0.0875 e. The normalized spacial score (nSPS) is 10.9. The highest BCUT2D eigenvalue weighted by molar-refractivity contribution is 9.10. The number of unbranched alkanes of at least 4 members (excludes halogenated alkanes) is 2. The van der Waals surface area contributed by atoms with Crippen molar-refractivity contribution in [3.63, 3.8) is 0 Å². The topological polar surface area (TPSA) is 0 Å². The van der Waals surface area contributed by atoms with Crippen molar-refractivity contribution >= 4 is 15.9 Å². The van der Waals surface area contributed by atoms with Crippen molar-refractivity contribution in [2.24, 2.45) is 5.92 Å². The standard InChI is InChI=1S/C10H20Br/c1-3-5-7-10(9-11)8-6-4-2/h9-10H,3-8H2,1-2H3. The van der Waals surface area contributed by atoms with Crippen LogP contribution < -0.4 is 0 Å². The van der Waals surface area contributed by atoms with E-state index in [9.17, 15) is 0 Å². The van der Waals surface area contributed by atoms with E-state index in [1.807, 2.05) is 0 Å². The molecular weight excluding hydrogens is 200 g/mol. The van der Waals surface area contributed by atoms with Gasteiger partial charge in [0.05, 0.1) is 0 Å². The zero-order valence-corrected chi connectivity index (χ0v) is 9.36. The minimum absolute atomic E-state index is 0.815. The smallest absolute Gasteiger partial charge is 0.0302 e. The summed E-state index contributed by atoms with van der Waals surface area (Å²) in [5.41, 5.74) is 0. The van der Waals surface area contributed by atoms with Crippen LogP contribution in [0.15, 0.2) is 0 Å². The molecule has 0 rings (SSSR count). The first-order valence-corrected chi connectivity index (χ1v) is 5.70. The molecule has 0 saturated carbocycles. The van der Waals surface area contributed by atoms with Crippen molar-refractivity contribution in [2.45, 2.75) is 52.4 Å². The van der Waals surface area contributed by atoms with Crippen LogP contribution in [0.5, 0.6) is 0 Å². The molecule has 0 amide bonds. The van der Waals surface area contributed by atoms with Gasteiger partial charge < -0.3 is 0 Å². The third-order valence-corrected chi connectivity index (χ3v) is 2.78. The fourth-order valence-electron chi connectivity index (χ4n) is 1.20. The van der Waals surface area contributed by atoms with Crippen LogP contribution in [-0.4, -0.2) is 0 Å². The molecule has 0 bridgehead atoms. The summed E-state index contributed by atoms with van der Waals surface area (Å²) in [6.45, 7) is 4.51. The molecule has 0 fully saturated rings. The molecule has 0 aliphatic rings. The molecule has 67 valence electrons. The molecule has 0 saturated heterocycles. The molecule has 0 aliphatic heterocycles. The molecule has 0 atom stereocenters. The number of hydrogen-bond acceptors (Lipinski definition) is 0. The van der Waals surface area contributed by atoms with E-state index >= 15 is 0 Å². The lowest BCUT2D eigenvalue weighted by Gasteiger charge is -2.11. The van der Waals surface area contributed by atoms with Crippen molar-refractivity contribution in [3.05, 3.63) is 5.33 Å². The van der Waals surface area contributed by atoms with Gasteiger partial charge in [-0.1, -0.05) is 55.5 Å². The van der Waals surface area contributed by atoms with Crippen molar-refractivity contribution in [1.82, 2.24) is 0 Å². The third kappa shape index (κ3) is 6.86. The highest BCUT2D eigenvalue weighted by Crippen LogP contribution is 2.21. The van der Waals surface area contributed by atoms with Gasteiger partial charge in [-0.3, -0.25) is 0 Å². The largest absolute Gasteiger partial charge is 0.0875 e. The van der Waals surface area contributed by atoms with Crippen LogP contribution >= 0.6 is 15.9 Å². The van der Waals surface area contributed by atoms with Gasteiger partial charge in [0, 0.05) is 5.33 Å². The van der Waals surface area contributed by atoms with Crippen LogP contribution in [0.3, 0.4) is 0 Å². The summed E-state index contributed by atoms with van der Waals surface area (Å²) >= 11 is 3.45. The van der Waals surface area contributed by atoms with Gasteiger partial charge in [-0.25, -0.2) is 0 Å². The fourth-order valence-corrected chi connectivity index (χ4v) is 1.73. The van der Waals surface area contributed by atoms with E-state index in [2.05, 4.69) is 35.1 Å². The Balaban J connectivity index is 3.25. The quantitative estimate of drug-likeness (QED) is 0.590. The van der Waals surface area contributed by atoms with E-state index < -0.39 is 0 Å². The summed E-state index contributed by atoms with van der Waals surface area (Å²) in [6.07, 6.45) is 8.11. The van der Waals surface area contributed by atoms with Crippen LogP contribution in [0.2, 0.25) is 0 Å². The minimum atomic E-state index is 0.815. The highest BCUT2D eigenvalue weighted by atomic mass is 79.9. The molecule has 1 radical (unpaired) electrons. The molecule has 0 spiro atoms. The summed E-state index contributed by atoms with van der Waals surface area (Å²) in [7, 11) is 0. The van der Waals surface area contributed by atoms with E-state index in [1.165, 1.54) is 38.5 Å². The molecule has 0 heterocycles. The second-order valence-electron chi connectivity index (χ2n) is 3.17. The van der Waals surface area contributed by atoms with Gasteiger partial charge in [-0.2, -0.15) is 0 Å². The average molecular weight is 220 g/mol. The van der Waals surface area contributed by atoms with Gasteiger partial charge in [-0.05, 0) is 18.8 Å². The zero-order valence-electron chi connectivity index (χ0n) is 7.78. The van der Waals surface area contributed by atoms with Crippen LogP contribution in [0.4, 0.5) is 0 Å². The van der Waals surface area contributed by atoms with Crippen molar-refractivity contribution in [3.8, 4) is 0 Å². The van der Waals surface area contributed by atoms with E-state index in [-0.39, 0.29) is 0 Å². The van der Waals surface area contributed by atoms with Gasteiger partial charge >= 0.3 is 0 Å². The maximum Gasteiger partial charge on any atom is 0.0302 e. The molecule has 0 nitrogen and oxygen atoms in total. The average Bonchev–Trinajstić information content (AvgIpc) is 2.05. The lowest BCUT2D eigenvalue weighted by molar-refractivity contribution is 0.489. The Morgan fingerprint density at radius 2 is 1.55 bits per heavy atom. The predicted molar refractivity (Wildman–Crippen MR) is 55.8 cm³/mol. The van der Waals surface area contributed by atoms with Gasteiger partial charge in [0.2, 0.25) is 0 Å². The summed E-state index contributed by atoms with van der Waals surface area (Å²) in [5.74, 6) is 0.815. The Bertz CT molecular complexity index is 63.3. The van der Waals surface area contributed by atoms with Crippen LogP contribution in [0.1, 0.15) is 52.4 Å². The first-order chi connectivity index (χ1) is 5.35. The highest BCUT2D eigenvalue weighted by Gasteiger charge is 2.04. The molecule has 0 aromatic rings. The number of hydrogen-bond donors (Lipinski definition) is 0. The van der Waals surface area contributed by atoms with Crippen LogP contribution in [0.25, 0.3) is 0 Å². The van der Waals surface area contributed by atoms with Gasteiger partial charge in [0.15, 0.2) is 0 Å². The van der Waals surface area contributed by atoms with Crippen LogP contribution in [0, 0.1) is 11.2 Å². The second-order valence-corrected chi connectivity index (χ2v) is 3.70. The molecule has 1 heteroatoms. The maximum atomic E-state index is 3.45. The van der Waals surface area contributed by atoms with E-state index in [4.69, 9.17) is 0 Å². The van der Waals surface area contributed by atoms with Crippen molar-refractivity contribution in [1.29, 1.82) is 0 Å². The molecule has 0 aliphatic carbocycles. The first-order valence-electron chi connectivity index (χ1n) is 4.78. The number of halogens is 1. The first kappa shape index (κ1) is 11.5. The molecule has 0 aromatic heterocycles. The monoisotopic (exact) mass is 219 g/mol. The second kappa shape index (κ2) is 8.58. The van der Waals surface area contributed by atoms with Crippen molar-refractivity contribution < 1.29 is 0 Å². The van der Waals surface area contributed by atoms with Crippen molar-refractivity contribution in [2.75, 3.05) is 0 Å². The summed E-state index contributed by atoms with van der Waals surface area (Å²) < 4.78 is 0. The molecule has 0 unspecified atom stereocenters. The maximum absolute atomic E-state index is 3.45. The summed E-state index contributed by atoms with van der Waals surface area (Å²) in [6, 6.07) is 0. The SMILES string of the molecule is CCCCC([CH]Br)CCCC. The Morgan fingerprint density at radius 1 is 1.09 bits per heavy atom. The Labute approximate surface area is 79.9 Å². The van der Waals surface area contributed by atoms with E-state index in [1.54, 1.807) is 0 Å². The Hall–Kier alpha value is 0.480. The Kier molecular flexibility index (Phi) is 8.95. The Morgan fingerprint density at radius 3 is 1.82 bits per heavy atom. The molecular formula is C10H20Br. The number of rotatable bonds is 7. The fraction of sp³-hybridized carbons (Fsp3) is 0.900. The summed E-state index contributed by atoms with van der Waals surface area (Å²) in [5, 5.41) is 2.19.